The number of halogens is 2. The maximum absolute atomic E-state index is 13.7. The van der Waals surface area contributed by atoms with Gasteiger partial charge in [-0.05, 0) is 63.7 Å². The van der Waals surface area contributed by atoms with Crippen LogP contribution in [0.1, 0.15) is 41.0 Å². The summed E-state index contributed by atoms with van der Waals surface area (Å²) in [5.41, 5.74) is 2.83. The molecule has 2 aromatic rings. The lowest BCUT2D eigenvalue weighted by atomic mass is 9.96. The number of likely N-dealkylation sites (tertiary alicyclic amines) is 1. The van der Waals surface area contributed by atoms with E-state index in [1.165, 1.54) is 6.07 Å². The summed E-state index contributed by atoms with van der Waals surface area (Å²) in [6, 6.07) is 3.74. The van der Waals surface area contributed by atoms with Gasteiger partial charge in [-0.25, -0.2) is 13.5 Å². The average molecular weight is 374 g/mol. The fraction of sp³-hybridized carbons (Fsp3) is 0.500. The molecule has 4 rings (SSSR count). The van der Waals surface area contributed by atoms with Crippen molar-refractivity contribution in [1.82, 2.24) is 20.0 Å². The van der Waals surface area contributed by atoms with E-state index >= 15 is 0 Å². The van der Waals surface area contributed by atoms with E-state index in [1.807, 2.05) is 11.9 Å². The molecule has 0 radical (unpaired) electrons. The molecule has 2 heterocycles. The molecule has 1 fully saturated rings. The third-order valence-corrected chi connectivity index (χ3v) is 5.68. The Morgan fingerprint density at radius 2 is 2.00 bits per heavy atom. The number of rotatable bonds is 4. The summed E-state index contributed by atoms with van der Waals surface area (Å²) in [6.07, 6.45) is 4.51. The summed E-state index contributed by atoms with van der Waals surface area (Å²) in [6.45, 7) is 2.44. The van der Waals surface area contributed by atoms with Crippen molar-refractivity contribution in [2.45, 2.75) is 32.1 Å². The summed E-state index contributed by atoms with van der Waals surface area (Å²) in [4.78, 5) is 15.0. The van der Waals surface area contributed by atoms with Crippen molar-refractivity contribution in [3.63, 3.8) is 0 Å². The Labute approximate surface area is 157 Å². The van der Waals surface area contributed by atoms with Crippen molar-refractivity contribution >= 4 is 5.91 Å². The van der Waals surface area contributed by atoms with Crippen molar-refractivity contribution in [1.29, 1.82) is 0 Å². The molecule has 0 atom stereocenters. The maximum atomic E-state index is 13.7. The number of aromatic nitrogens is 2. The maximum Gasteiger partial charge on any atom is 0.274 e. The van der Waals surface area contributed by atoms with E-state index in [0.717, 1.165) is 75.1 Å². The van der Waals surface area contributed by atoms with Crippen molar-refractivity contribution in [3.8, 4) is 5.69 Å². The van der Waals surface area contributed by atoms with Crippen molar-refractivity contribution < 1.29 is 13.6 Å². The van der Waals surface area contributed by atoms with Gasteiger partial charge < -0.3 is 10.2 Å². The van der Waals surface area contributed by atoms with Gasteiger partial charge in [0, 0.05) is 30.4 Å². The monoisotopic (exact) mass is 374 g/mol. The molecular weight excluding hydrogens is 350 g/mol. The number of carbonyl (C=O) groups excluding carboxylic acids is 1. The molecule has 1 aliphatic heterocycles. The van der Waals surface area contributed by atoms with Crippen LogP contribution in [0.15, 0.2) is 18.2 Å². The lowest BCUT2D eigenvalue weighted by Crippen LogP contribution is -2.40. The zero-order valence-corrected chi connectivity index (χ0v) is 15.5. The van der Waals surface area contributed by atoms with Gasteiger partial charge in [-0.2, -0.15) is 5.10 Å². The molecule has 2 aliphatic rings. The van der Waals surface area contributed by atoms with Gasteiger partial charge in [-0.3, -0.25) is 4.79 Å². The van der Waals surface area contributed by atoms with Gasteiger partial charge >= 0.3 is 0 Å². The van der Waals surface area contributed by atoms with E-state index in [2.05, 4.69) is 10.4 Å². The van der Waals surface area contributed by atoms with E-state index < -0.39 is 11.6 Å². The minimum Gasteiger partial charge on any atom is -0.337 e. The van der Waals surface area contributed by atoms with Gasteiger partial charge in [-0.15, -0.1) is 0 Å². The first-order valence-corrected chi connectivity index (χ1v) is 9.58. The quantitative estimate of drug-likeness (QED) is 0.895. The van der Waals surface area contributed by atoms with Crippen LogP contribution in [0.5, 0.6) is 0 Å². The van der Waals surface area contributed by atoms with E-state index in [0.29, 0.717) is 17.3 Å². The summed E-state index contributed by atoms with van der Waals surface area (Å²) in [7, 11) is 1.95. The van der Waals surface area contributed by atoms with Crippen LogP contribution >= 0.6 is 0 Å². The second-order valence-corrected chi connectivity index (χ2v) is 7.43. The van der Waals surface area contributed by atoms with Crippen molar-refractivity contribution in [2.24, 2.45) is 5.92 Å². The molecule has 144 valence electrons. The molecule has 0 unspecified atom stereocenters. The highest BCUT2D eigenvalue weighted by Gasteiger charge is 2.31. The molecule has 5 nitrogen and oxygen atoms in total. The Hall–Kier alpha value is -2.28. The number of benzene rings is 1. The molecule has 0 saturated carbocycles. The third-order valence-electron chi connectivity index (χ3n) is 5.68. The summed E-state index contributed by atoms with van der Waals surface area (Å²) in [5, 5.41) is 7.73. The first kappa shape index (κ1) is 18.1. The number of fused-ring (bicyclic) bond motifs is 1. The molecule has 1 aliphatic carbocycles. The predicted octanol–water partition coefficient (Wildman–Crippen LogP) is 2.71. The van der Waals surface area contributed by atoms with E-state index in [4.69, 9.17) is 0 Å². The number of hydrogen-bond donors (Lipinski definition) is 1. The molecule has 27 heavy (non-hydrogen) atoms. The number of hydrogen-bond acceptors (Lipinski definition) is 3. The molecule has 0 spiro atoms. The smallest absolute Gasteiger partial charge is 0.274 e. The highest BCUT2D eigenvalue weighted by molar-refractivity contribution is 5.94. The van der Waals surface area contributed by atoms with Gasteiger partial charge in [0.25, 0.3) is 5.91 Å². The molecule has 1 aromatic carbocycles. The van der Waals surface area contributed by atoms with Gasteiger partial charge in [0.05, 0.1) is 5.69 Å². The molecule has 0 bridgehead atoms. The van der Waals surface area contributed by atoms with Gasteiger partial charge in [0.1, 0.15) is 0 Å². The Morgan fingerprint density at radius 1 is 1.22 bits per heavy atom. The van der Waals surface area contributed by atoms with Crippen molar-refractivity contribution in [3.05, 3.63) is 46.8 Å². The van der Waals surface area contributed by atoms with Gasteiger partial charge in [-0.1, -0.05) is 0 Å². The van der Waals surface area contributed by atoms with Crippen molar-refractivity contribution in [2.75, 3.05) is 26.7 Å². The third kappa shape index (κ3) is 3.36. The SMILES string of the molecule is CNCC1CCN(C(=O)c2nn(-c3ccc(F)c(F)c3)c3c2CCC3)CC1. The highest BCUT2D eigenvalue weighted by atomic mass is 19.2. The topological polar surface area (TPSA) is 50.2 Å². The number of carbonyl (C=O) groups is 1. The standard InChI is InChI=1S/C20H24F2N4O/c1-23-12-13-7-9-25(10-8-13)20(27)19-15-3-2-4-18(15)26(24-19)14-5-6-16(21)17(22)11-14/h5-6,11,13,23H,2-4,7-10,12H2,1H3. The second-order valence-electron chi connectivity index (χ2n) is 7.43. The molecular formula is C20H24F2N4O. The fourth-order valence-corrected chi connectivity index (χ4v) is 4.22. The molecule has 1 saturated heterocycles. The summed E-state index contributed by atoms with van der Waals surface area (Å²) < 4.78 is 28.6. The van der Waals surface area contributed by atoms with E-state index in [1.54, 1.807) is 4.68 Å². The van der Waals surface area contributed by atoms with Crippen LogP contribution in [0, 0.1) is 17.6 Å². The molecule has 1 N–H and O–H groups in total. The van der Waals surface area contributed by atoms with Crippen LogP contribution in [0.4, 0.5) is 8.78 Å². The Morgan fingerprint density at radius 3 is 2.70 bits per heavy atom. The zero-order chi connectivity index (χ0) is 19.0. The first-order chi connectivity index (χ1) is 13.1. The van der Waals surface area contributed by atoms with Gasteiger partial charge in [0.15, 0.2) is 17.3 Å². The Bertz CT molecular complexity index is 856. The lowest BCUT2D eigenvalue weighted by molar-refractivity contribution is 0.0683. The molecule has 7 heteroatoms. The van der Waals surface area contributed by atoms with Crippen LogP contribution in [-0.2, 0) is 12.8 Å². The number of amides is 1. The average Bonchev–Trinajstić information content (AvgIpc) is 3.27. The van der Waals surface area contributed by atoms with Gasteiger partial charge in [0.2, 0.25) is 0 Å². The van der Waals surface area contributed by atoms with Crippen LogP contribution in [-0.4, -0.2) is 47.3 Å². The number of nitrogens with one attached hydrogen (secondary N) is 1. The first-order valence-electron chi connectivity index (χ1n) is 9.58. The highest BCUT2D eigenvalue weighted by Crippen LogP contribution is 2.30. The fourth-order valence-electron chi connectivity index (χ4n) is 4.22. The minimum absolute atomic E-state index is 0.0441. The zero-order valence-electron chi connectivity index (χ0n) is 15.5. The number of piperidine rings is 1. The predicted molar refractivity (Wildman–Crippen MR) is 98.1 cm³/mol. The summed E-state index contributed by atoms with van der Waals surface area (Å²) in [5.74, 6) is -1.24. The number of nitrogens with zero attached hydrogens (tertiary/aromatic N) is 3. The van der Waals surface area contributed by atoms with Crippen LogP contribution in [0.25, 0.3) is 5.69 Å². The minimum atomic E-state index is -0.908. The van der Waals surface area contributed by atoms with Crippen LogP contribution < -0.4 is 5.32 Å². The molecule has 1 aromatic heterocycles. The van der Waals surface area contributed by atoms with Crippen LogP contribution in [0.3, 0.4) is 0 Å². The lowest BCUT2D eigenvalue weighted by Gasteiger charge is -2.31. The summed E-state index contributed by atoms with van der Waals surface area (Å²) >= 11 is 0. The Balaban J connectivity index is 1.61. The van der Waals surface area contributed by atoms with Crippen LogP contribution in [0.2, 0.25) is 0 Å². The largest absolute Gasteiger partial charge is 0.337 e. The molecule has 1 amide bonds. The Kier molecular flexibility index (Phi) is 4.95. The van der Waals surface area contributed by atoms with E-state index in [-0.39, 0.29) is 5.91 Å². The second kappa shape index (κ2) is 7.38. The normalized spacial score (nSPS) is 17.4. The van der Waals surface area contributed by atoms with E-state index in [9.17, 15) is 13.6 Å².